The zero-order valence-electron chi connectivity index (χ0n) is 24.0. The van der Waals surface area contributed by atoms with Gasteiger partial charge in [0.1, 0.15) is 5.75 Å². The van der Waals surface area contributed by atoms with Crippen LogP contribution in [0.15, 0.2) is 71.7 Å². The van der Waals surface area contributed by atoms with Gasteiger partial charge in [0.05, 0.1) is 11.4 Å². The monoisotopic (exact) mass is 627 g/mol. The van der Waals surface area contributed by atoms with Gasteiger partial charge in [0, 0.05) is 24.3 Å². The van der Waals surface area contributed by atoms with Gasteiger partial charge in [-0.3, -0.25) is 9.69 Å². The van der Waals surface area contributed by atoms with Crippen molar-refractivity contribution in [2.75, 3.05) is 17.2 Å². The van der Waals surface area contributed by atoms with E-state index < -0.39 is 12.4 Å². The summed E-state index contributed by atoms with van der Waals surface area (Å²) >= 11 is 6.76. The van der Waals surface area contributed by atoms with Crippen molar-refractivity contribution in [1.29, 1.82) is 0 Å². The van der Waals surface area contributed by atoms with E-state index in [1.807, 2.05) is 49.4 Å². The molecule has 1 saturated heterocycles. The SMILES string of the molecule is Cc1ccc(C(C)C)c(N2C(=O)CSC2=NC(=O)NCCc2ccc(CC(=S)Cc3ccc(OC(F)(F)F)cc3)cc2)c1. The largest absolute Gasteiger partial charge is 0.573 e. The molecule has 6 nitrogen and oxygen atoms in total. The smallest absolute Gasteiger partial charge is 0.406 e. The number of alkyl halides is 3. The molecule has 0 radical (unpaired) electrons. The first-order valence-electron chi connectivity index (χ1n) is 13.7. The fourth-order valence-corrected chi connectivity index (χ4v) is 5.80. The molecule has 1 heterocycles. The van der Waals surface area contributed by atoms with Crippen LogP contribution in [-0.2, 0) is 24.1 Å². The van der Waals surface area contributed by atoms with Gasteiger partial charge in [0.25, 0.3) is 0 Å². The summed E-state index contributed by atoms with van der Waals surface area (Å²) in [7, 11) is 0. The van der Waals surface area contributed by atoms with E-state index in [0.29, 0.717) is 31.0 Å². The van der Waals surface area contributed by atoms with Crippen LogP contribution in [0.2, 0.25) is 0 Å². The number of nitrogens with one attached hydrogen (secondary N) is 1. The fourth-order valence-electron chi connectivity index (χ4n) is 4.61. The van der Waals surface area contributed by atoms with Crippen molar-refractivity contribution in [3.63, 3.8) is 0 Å². The highest BCUT2D eigenvalue weighted by Crippen LogP contribution is 2.34. The first-order valence-corrected chi connectivity index (χ1v) is 15.1. The van der Waals surface area contributed by atoms with Crippen LogP contribution in [0, 0.1) is 6.92 Å². The van der Waals surface area contributed by atoms with Gasteiger partial charge < -0.3 is 10.1 Å². The van der Waals surface area contributed by atoms with Crippen LogP contribution in [0.5, 0.6) is 5.75 Å². The predicted octanol–water partition coefficient (Wildman–Crippen LogP) is 7.56. The van der Waals surface area contributed by atoms with Crippen molar-refractivity contribution >= 4 is 51.6 Å². The average Bonchev–Trinajstić information content (AvgIpc) is 3.29. The molecular formula is C32H32F3N3O3S2. The first kappa shape index (κ1) is 32.2. The van der Waals surface area contributed by atoms with E-state index in [-0.39, 0.29) is 23.3 Å². The topological polar surface area (TPSA) is 71.0 Å². The molecule has 1 aliphatic rings. The third-order valence-electron chi connectivity index (χ3n) is 6.68. The van der Waals surface area contributed by atoms with E-state index in [9.17, 15) is 22.8 Å². The molecular weight excluding hydrogens is 595 g/mol. The molecule has 0 bridgehead atoms. The Balaban J connectivity index is 1.27. The Kier molecular flexibility index (Phi) is 10.6. The molecule has 0 aromatic heterocycles. The molecule has 1 N–H and O–H groups in total. The van der Waals surface area contributed by atoms with Crippen LogP contribution in [0.25, 0.3) is 0 Å². The zero-order chi connectivity index (χ0) is 31.1. The van der Waals surface area contributed by atoms with E-state index in [1.54, 1.807) is 17.0 Å². The number of urea groups is 1. The third kappa shape index (κ3) is 9.39. The van der Waals surface area contributed by atoms with Gasteiger partial charge in [-0.2, -0.15) is 4.99 Å². The summed E-state index contributed by atoms with van der Waals surface area (Å²) in [6.07, 6.45) is -3.11. The zero-order valence-corrected chi connectivity index (χ0v) is 25.7. The van der Waals surface area contributed by atoms with Gasteiger partial charge in [-0.15, -0.1) is 13.2 Å². The number of amides is 3. The Bertz CT molecular complexity index is 1500. The molecule has 226 valence electrons. The number of halogens is 3. The van der Waals surface area contributed by atoms with Crippen molar-refractivity contribution in [3.8, 4) is 5.75 Å². The highest BCUT2D eigenvalue weighted by molar-refractivity contribution is 8.15. The Morgan fingerprint density at radius 2 is 1.63 bits per heavy atom. The lowest BCUT2D eigenvalue weighted by Gasteiger charge is -2.22. The quantitative estimate of drug-likeness (QED) is 0.235. The molecule has 0 atom stereocenters. The van der Waals surface area contributed by atoms with Gasteiger partial charge in [0.15, 0.2) is 5.17 Å². The second-order valence-corrected chi connectivity index (χ2v) is 12.0. The Morgan fingerprint density at radius 1 is 1.02 bits per heavy atom. The molecule has 1 aliphatic heterocycles. The van der Waals surface area contributed by atoms with Gasteiger partial charge >= 0.3 is 12.4 Å². The summed E-state index contributed by atoms with van der Waals surface area (Å²) in [5.74, 6) is 0.0697. The number of hydrogen-bond donors (Lipinski definition) is 1. The number of benzene rings is 3. The summed E-state index contributed by atoms with van der Waals surface area (Å²) < 4.78 is 40.9. The minimum Gasteiger partial charge on any atom is -0.406 e. The van der Waals surface area contributed by atoms with E-state index in [1.165, 1.54) is 23.9 Å². The Labute approximate surface area is 258 Å². The summed E-state index contributed by atoms with van der Waals surface area (Å²) in [5.41, 5.74) is 5.65. The number of amidine groups is 1. The average molecular weight is 628 g/mol. The van der Waals surface area contributed by atoms with Gasteiger partial charge in [-0.25, -0.2) is 4.79 Å². The number of thioether (sulfide) groups is 1. The highest BCUT2D eigenvalue weighted by atomic mass is 32.2. The third-order valence-corrected chi connectivity index (χ3v) is 7.90. The molecule has 43 heavy (non-hydrogen) atoms. The number of rotatable bonds is 10. The lowest BCUT2D eigenvalue weighted by molar-refractivity contribution is -0.274. The maximum absolute atomic E-state index is 12.7. The molecule has 0 unspecified atom stereocenters. The number of hydrogen-bond acceptors (Lipinski definition) is 5. The van der Waals surface area contributed by atoms with Gasteiger partial charge in [0.2, 0.25) is 5.91 Å². The van der Waals surface area contributed by atoms with Gasteiger partial charge in [-0.1, -0.05) is 86.4 Å². The second-order valence-electron chi connectivity index (χ2n) is 10.5. The lowest BCUT2D eigenvalue weighted by atomic mass is 9.99. The fraction of sp³-hybridized carbons (Fsp3) is 0.312. The maximum Gasteiger partial charge on any atom is 0.573 e. The lowest BCUT2D eigenvalue weighted by Crippen LogP contribution is -2.32. The van der Waals surface area contributed by atoms with E-state index in [0.717, 1.165) is 38.4 Å². The summed E-state index contributed by atoms with van der Waals surface area (Å²) in [6, 6.07) is 19.1. The number of aliphatic imine (C=N–C) groups is 1. The molecule has 11 heteroatoms. The number of nitrogens with zero attached hydrogens (tertiary/aromatic N) is 2. The molecule has 0 spiro atoms. The number of carbonyl (C=O) groups is 2. The van der Waals surface area contributed by atoms with E-state index in [4.69, 9.17) is 12.2 Å². The molecule has 3 aromatic rings. The van der Waals surface area contributed by atoms with E-state index >= 15 is 0 Å². The number of thiocarbonyl (C=S) groups is 1. The minimum absolute atomic E-state index is 0.0999. The van der Waals surface area contributed by atoms with Crippen molar-refractivity contribution < 1.29 is 27.5 Å². The summed E-state index contributed by atoms with van der Waals surface area (Å²) in [5, 5.41) is 3.19. The van der Waals surface area contributed by atoms with Gasteiger partial charge in [-0.05, 0) is 65.3 Å². The highest BCUT2D eigenvalue weighted by Gasteiger charge is 2.32. The van der Waals surface area contributed by atoms with Crippen LogP contribution in [0.4, 0.5) is 23.7 Å². The number of carbonyl (C=O) groups excluding carboxylic acids is 2. The predicted molar refractivity (Wildman–Crippen MR) is 169 cm³/mol. The molecule has 3 aromatic carbocycles. The molecule has 1 fully saturated rings. The number of ether oxygens (including phenoxy) is 1. The van der Waals surface area contributed by atoms with Crippen LogP contribution < -0.4 is 15.0 Å². The second kappa shape index (κ2) is 14.2. The standard InChI is InChI=1S/C32H32F3N3O3S2/c1-20(2)27-13-4-21(3)16-28(27)38-29(39)19-43-31(38)37-30(40)36-15-14-22-5-7-23(8-6-22)17-26(42)18-24-9-11-25(12-10-24)41-32(33,34)35/h4-13,16,20H,14-15,17-19H2,1-3H3,(H,36,40). The van der Waals surface area contributed by atoms with E-state index in [2.05, 4.69) is 28.9 Å². The molecule has 0 saturated carbocycles. The first-order chi connectivity index (χ1) is 20.4. The number of aryl methyl sites for hydroxylation is 1. The molecule has 3 amide bonds. The van der Waals surface area contributed by atoms with Crippen LogP contribution in [-0.4, -0.2) is 40.6 Å². The Morgan fingerprint density at radius 3 is 2.23 bits per heavy atom. The summed E-state index contributed by atoms with van der Waals surface area (Å²) in [4.78, 5) is 31.9. The van der Waals surface area contributed by atoms with Crippen LogP contribution in [0.1, 0.15) is 47.6 Å². The maximum atomic E-state index is 12.7. The minimum atomic E-state index is -4.72. The van der Waals surface area contributed by atoms with Crippen molar-refractivity contribution in [3.05, 3.63) is 94.5 Å². The Hall–Kier alpha value is -3.70. The van der Waals surface area contributed by atoms with Crippen LogP contribution >= 0.6 is 24.0 Å². The van der Waals surface area contributed by atoms with Crippen molar-refractivity contribution in [2.45, 2.75) is 52.3 Å². The van der Waals surface area contributed by atoms with Crippen molar-refractivity contribution in [1.82, 2.24) is 5.32 Å². The summed E-state index contributed by atoms with van der Waals surface area (Å²) in [6.45, 7) is 6.47. The molecule has 4 rings (SSSR count). The van der Waals surface area contributed by atoms with Crippen molar-refractivity contribution in [2.24, 2.45) is 4.99 Å². The molecule has 0 aliphatic carbocycles. The number of anilines is 1. The normalized spacial score (nSPS) is 14.4. The van der Waals surface area contributed by atoms with Crippen LogP contribution in [0.3, 0.4) is 0 Å².